The van der Waals surface area contributed by atoms with E-state index in [4.69, 9.17) is 11.6 Å². The molecule has 3 nitrogen and oxygen atoms in total. The molecule has 0 saturated heterocycles. The number of hydrogen-bond donors (Lipinski definition) is 1. The van der Waals surface area contributed by atoms with Crippen molar-refractivity contribution in [2.24, 2.45) is 0 Å². The number of amides is 1. The fourth-order valence-electron chi connectivity index (χ4n) is 2.47. The van der Waals surface area contributed by atoms with E-state index in [1.54, 1.807) is 18.3 Å². The van der Waals surface area contributed by atoms with Crippen LogP contribution in [0.5, 0.6) is 0 Å². The van der Waals surface area contributed by atoms with Crippen LogP contribution in [0.25, 0.3) is 0 Å². The maximum atomic E-state index is 12.1. The first-order valence-electron chi connectivity index (χ1n) is 6.21. The summed E-state index contributed by atoms with van der Waals surface area (Å²) in [6, 6.07) is 11.7. The number of fused-ring (bicyclic) bond motifs is 1. The normalized spacial score (nSPS) is 14.2. The zero-order valence-corrected chi connectivity index (χ0v) is 11.0. The van der Waals surface area contributed by atoms with Crippen LogP contribution in [0.1, 0.15) is 21.5 Å². The van der Waals surface area contributed by atoms with Crippen LogP contribution in [0.4, 0.5) is 0 Å². The molecule has 19 heavy (non-hydrogen) atoms. The van der Waals surface area contributed by atoms with Crippen LogP contribution < -0.4 is 5.32 Å². The van der Waals surface area contributed by atoms with Crippen LogP contribution >= 0.6 is 11.6 Å². The van der Waals surface area contributed by atoms with E-state index in [0.717, 1.165) is 12.8 Å². The summed E-state index contributed by atoms with van der Waals surface area (Å²) in [5.41, 5.74) is 3.19. The SMILES string of the molecule is O=C(NC1Cc2ccccc2C1)c1ccnc(Cl)c1. The van der Waals surface area contributed by atoms with Crippen molar-refractivity contribution in [3.8, 4) is 0 Å². The lowest BCUT2D eigenvalue weighted by Gasteiger charge is -2.12. The standard InChI is InChI=1S/C15H13ClN2O/c16-14-9-12(5-6-17-14)15(19)18-13-7-10-3-1-2-4-11(10)8-13/h1-6,9,13H,7-8H2,(H,18,19). The Labute approximate surface area is 116 Å². The third-order valence-electron chi connectivity index (χ3n) is 3.37. The van der Waals surface area contributed by atoms with Crippen molar-refractivity contribution < 1.29 is 4.79 Å². The number of nitrogens with zero attached hydrogens (tertiary/aromatic N) is 1. The Morgan fingerprint density at radius 2 is 1.89 bits per heavy atom. The molecule has 96 valence electrons. The maximum Gasteiger partial charge on any atom is 0.251 e. The van der Waals surface area contributed by atoms with Crippen molar-refractivity contribution in [1.29, 1.82) is 0 Å². The van der Waals surface area contributed by atoms with Crippen molar-refractivity contribution in [2.75, 3.05) is 0 Å². The minimum atomic E-state index is -0.0953. The molecule has 1 aromatic carbocycles. The first-order chi connectivity index (χ1) is 9.22. The summed E-state index contributed by atoms with van der Waals surface area (Å²) in [4.78, 5) is 16.0. The Morgan fingerprint density at radius 3 is 2.53 bits per heavy atom. The van der Waals surface area contributed by atoms with E-state index in [0.29, 0.717) is 10.7 Å². The smallest absolute Gasteiger partial charge is 0.251 e. The van der Waals surface area contributed by atoms with Crippen molar-refractivity contribution in [2.45, 2.75) is 18.9 Å². The van der Waals surface area contributed by atoms with Gasteiger partial charge < -0.3 is 5.32 Å². The number of halogens is 1. The van der Waals surface area contributed by atoms with Gasteiger partial charge in [-0.1, -0.05) is 35.9 Å². The van der Waals surface area contributed by atoms with Crippen LogP contribution in [-0.4, -0.2) is 16.9 Å². The largest absolute Gasteiger partial charge is 0.349 e. The molecular weight excluding hydrogens is 260 g/mol. The van der Waals surface area contributed by atoms with Crippen LogP contribution in [0.15, 0.2) is 42.6 Å². The van der Waals surface area contributed by atoms with Crippen molar-refractivity contribution >= 4 is 17.5 Å². The topological polar surface area (TPSA) is 42.0 Å². The fraction of sp³-hybridized carbons (Fsp3) is 0.200. The quantitative estimate of drug-likeness (QED) is 0.854. The lowest BCUT2D eigenvalue weighted by molar-refractivity contribution is 0.0938. The lowest BCUT2D eigenvalue weighted by atomic mass is 10.1. The second-order valence-corrected chi connectivity index (χ2v) is 5.10. The maximum absolute atomic E-state index is 12.1. The molecule has 1 amide bonds. The summed E-state index contributed by atoms with van der Waals surface area (Å²) in [5.74, 6) is -0.0953. The van der Waals surface area contributed by atoms with E-state index in [9.17, 15) is 4.79 Å². The highest BCUT2D eigenvalue weighted by molar-refractivity contribution is 6.29. The molecule has 0 saturated carbocycles. The minimum Gasteiger partial charge on any atom is -0.349 e. The first kappa shape index (κ1) is 12.2. The number of benzene rings is 1. The summed E-state index contributed by atoms with van der Waals surface area (Å²) in [6.45, 7) is 0. The highest BCUT2D eigenvalue weighted by Gasteiger charge is 2.22. The third kappa shape index (κ3) is 2.61. The van der Waals surface area contributed by atoms with Crippen LogP contribution in [-0.2, 0) is 12.8 Å². The molecule has 1 aliphatic rings. The fourth-order valence-corrected chi connectivity index (χ4v) is 2.65. The predicted octanol–water partition coefficient (Wildman–Crippen LogP) is 2.63. The molecular formula is C15H13ClN2O. The zero-order valence-electron chi connectivity index (χ0n) is 10.3. The van der Waals surface area contributed by atoms with Crippen molar-refractivity contribution in [1.82, 2.24) is 10.3 Å². The molecule has 0 radical (unpaired) electrons. The van der Waals surface area contributed by atoms with Gasteiger partial charge in [-0.05, 0) is 36.1 Å². The number of carbonyl (C=O) groups excluding carboxylic acids is 1. The number of hydrogen-bond acceptors (Lipinski definition) is 2. The summed E-state index contributed by atoms with van der Waals surface area (Å²) in [6.07, 6.45) is 3.32. The molecule has 0 unspecified atom stereocenters. The van der Waals surface area contributed by atoms with Gasteiger partial charge in [-0.3, -0.25) is 4.79 Å². The second kappa shape index (κ2) is 5.02. The van der Waals surface area contributed by atoms with Gasteiger partial charge in [0, 0.05) is 17.8 Å². The molecule has 0 atom stereocenters. The van der Waals surface area contributed by atoms with Crippen molar-refractivity contribution in [3.63, 3.8) is 0 Å². The Bertz CT molecular complexity index is 602. The molecule has 0 bridgehead atoms. The Hall–Kier alpha value is -1.87. The molecule has 0 aliphatic heterocycles. The molecule has 0 spiro atoms. The Kier molecular flexibility index (Phi) is 3.22. The molecule has 4 heteroatoms. The van der Waals surface area contributed by atoms with Gasteiger partial charge in [0.05, 0.1) is 0 Å². The molecule has 0 fully saturated rings. The van der Waals surface area contributed by atoms with Gasteiger partial charge in [-0.25, -0.2) is 4.98 Å². The average Bonchev–Trinajstić information content (AvgIpc) is 2.80. The highest BCUT2D eigenvalue weighted by Crippen LogP contribution is 2.22. The molecule has 3 rings (SSSR count). The van der Waals surface area contributed by atoms with Gasteiger partial charge in [0.1, 0.15) is 5.15 Å². The van der Waals surface area contributed by atoms with Gasteiger partial charge >= 0.3 is 0 Å². The summed E-state index contributed by atoms with van der Waals surface area (Å²) in [7, 11) is 0. The van der Waals surface area contributed by atoms with Crippen LogP contribution in [0, 0.1) is 0 Å². The molecule has 1 aliphatic carbocycles. The van der Waals surface area contributed by atoms with Gasteiger partial charge in [0.25, 0.3) is 5.91 Å². The lowest BCUT2D eigenvalue weighted by Crippen LogP contribution is -2.35. The van der Waals surface area contributed by atoms with Crippen LogP contribution in [0.3, 0.4) is 0 Å². The number of pyridine rings is 1. The average molecular weight is 273 g/mol. The number of aromatic nitrogens is 1. The van der Waals surface area contributed by atoms with E-state index < -0.39 is 0 Å². The second-order valence-electron chi connectivity index (χ2n) is 4.71. The first-order valence-corrected chi connectivity index (χ1v) is 6.59. The number of rotatable bonds is 2. The Balaban J connectivity index is 1.69. The van der Waals surface area contributed by atoms with Gasteiger partial charge in [0.15, 0.2) is 0 Å². The van der Waals surface area contributed by atoms with Gasteiger partial charge in [-0.2, -0.15) is 0 Å². The molecule has 1 heterocycles. The van der Waals surface area contributed by atoms with E-state index in [-0.39, 0.29) is 11.9 Å². The third-order valence-corrected chi connectivity index (χ3v) is 3.58. The Morgan fingerprint density at radius 1 is 1.21 bits per heavy atom. The van der Waals surface area contributed by atoms with Gasteiger partial charge in [0.2, 0.25) is 0 Å². The summed E-state index contributed by atoms with van der Waals surface area (Å²) >= 11 is 5.79. The molecule has 2 aromatic rings. The molecule has 1 aromatic heterocycles. The van der Waals surface area contributed by atoms with Gasteiger partial charge in [-0.15, -0.1) is 0 Å². The number of nitrogens with one attached hydrogen (secondary N) is 1. The van der Waals surface area contributed by atoms with E-state index >= 15 is 0 Å². The number of carbonyl (C=O) groups is 1. The predicted molar refractivity (Wildman–Crippen MR) is 74.4 cm³/mol. The monoisotopic (exact) mass is 272 g/mol. The summed E-state index contributed by atoms with van der Waals surface area (Å²) < 4.78 is 0. The minimum absolute atomic E-state index is 0.0953. The van der Waals surface area contributed by atoms with E-state index in [2.05, 4.69) is 22.4 Å². The van der Waals surface area contributed by atoms with Crippen LogP contribution in [0.2, 0.25) is 5.15 Å². The summed E-state index contributed by atoms with van der Waals surface area (Å²) in [5, 5.41) is 3.38. The van der Waals surface area contributed by atoms with Crippen molar-refractivity contribution in [3.05, 3.63) is 64.4 Å². The molecule has 1 N–H and O–H groups in total. The highest BCUT2D eigenvalue weighted by atomic mass is 35.5. The van der Waals surface area contributed by atoms with E-state index in [1.165, 1.54) is 11.1 Å². The zero-order chi connectivity index (χ0) is 13.2. The van der Waals surface area contributed by atoms with E-state index in [1.807, 2.05) is 12.1 Å².